The van der Waals surface area contributed by atoms with Crippen LogP contribution in [0, 0.1) is 9.37 Å². The molecule has 5 heteroatoms. The Bertz CT molecular complexity index is 378. The van der Waals surface area contributed by atoms with Crippen molar-refractivity contribution in [3.05, 3.63) is 3.95 Å². The Morgan fingerprint density at radius 1 is 1.53 bits per heavy atom. The summed E-state index contributed by atoms with van der Waals surface area (Å²) >= 11 is 6.64. The van der Waals surface area contributed by atoms with E-state index in [1.807, 2.05) is 0 Å². The zero-order valence-corrected chi connectivity index (χ0v) is 10.9. The molecule has 0 aromatic carbocycles. The number of rotatable bonds is 3. The molecule has 15 heavy (non-hydrogen) atoms. The first-order valence-electron chi connectivity index (χ1n) is 5.49. The van der Waals surface area contributed by atoms with E-state index < -0.39 is 0 Å². The van der Waals surface area contributed by atoms with E-state index in [0.717, 1.165) is 22.2 Å². The van der Waals surface area contributed by atoms with Gasteiger partial charge < -0.3 is 4.90 Å². The average Bonchev–Trinajstić information content (AvgIpc) is 2.84. The van der Waals surface area contributed by atoms with Gasteiger partial charge in [0.1, 0.15) is 0 Å². The van der Waals surface area contributed by atoms with Crippen LogP contribution in [0.15, 0.2) is 0 Å². The second kappa shape index (κ2) is 4.22. The quantitative estimate of drug-likeness (QED) is 0.827. The molecule has 0 atom stereocenters. The summed E-state index contributed by atoms with van der Waals surface area (Å²) in [5.74, 6) is 0. The highest BCUT2D eigenvalue weighted by molar-refractivity contribution is 7.73. The van der Waals surface area contributed by atoms with Gasteiger partial charge in [0.05, 0.1) is 0 Å². The van der Waals surface area contributed by atoms with Crippen molar-refractivity contribution in [2.45, 2.75) is 33.1 Å². The highest BCUT2D eigenvalue weighted by atomic mass is 32.1. The van der Waals surface area contributed by atoms with E-state index >= 15 is 0 Å². The van der Waals surface area contributed by atoms with Crippen LogP contribution in [0.4, 0.5) is 5.13 Å². The number of anilines is 1. The summed E-state index contributed by atoms with van der Waals surface area (Å²) in [6.07, 6.45) is 3.80. The van der Waals surface area contributed by atoms with E-state index in [0.29, 0.717) is 5.41 Å². The van der Waals surface area contributed by atoms with Crippen LogP contribution in [0.5, 0.6) is 0 Å². The van der Waals surface area contributed by atoms with Crippen molar-refractivity contribution in [1.82, 2.24) is 10.2 Å². The van der Waals surface area contributed by atoms with Gasteiger partial charge in [-0.1, -0.05) is 25.2 Å². The SMILES string of the molecule is CCC1(CC)CCN(c2n[nH]c(=S)s2)C1. The molecule has 0 saturated carbocycles. The summed E-state index contributed by atoms with van der Waals surface area (Å²) < 4.78 is 0.774. The number of aromatic amines is 1. The third-order valence-corrected chi connectivity index (χ3v) is 4.79. The van der Waals surface area contributed by atoms with Crippen molar-refractivity contribution in [3.8, 4) is 0 Å². The summed E-state index contributed by atoms with van der Waals surface area (Å²) in [7, 11) is 0. The molecule has 0 aliphatic carbocycles. The molecule has 2 heterocycles. The molecule has 0 unspecified atom stereocenters. The number of hydrogen-bond donors (Lipinski definition) is 1. The highest BCUT2D eigenvalue weighted by Gasteiger charge is 2.35. The number of nitrogens with one attached hydrogen (secondary N) is 1. The predicted octanol–water partition coefficient (Wildman–Crippen LogP) is 3.22. The molecular weight excluding hydrogens is 226 g/mol. The molecule has 1 aromatic rings. The van der Waals surface area contributed by atoms with Gasteiger partial charge in [-0.2, -0.15) is 0 Å². The van der Waals surface area contributed by atoms with E-state index in [2.05, 4.69) is 28.9 Å². The normalized spacial score (nSPS) is 19.7. The van der Waals surface area contributed by atoms with Crippen LogP contribution in [-0.2, 0) is 0 Å². The lowest BCUT2D eigenvalue weighted by atomic mass is 9.82. The summed E-state index contributed by atoms with van der Waals surface area (Å²) in [6, 6.07) is 0. The Morgan fingerprint density at radius 3 is 2.73 bits per heavy atom. The molecular formula is C10H17N3S2. The monoisotopic (exact) mass is 243 g/mol. The molecule has 1 aromatic heterocycles. The van der Waals surface area contributed by atoms with Gasteiger partial charge in [-0.25, -0.2) is 0 Å². The van der Waals surface area contributed by atoms with Gasteiger partial charge in [-0.3, -0.25) is 5.10 Å². The van der Waals surface area contributed by atoms with Crippen LogP contribution in [0.3, 0.4) is 0 Å². The molecule has 1 N–H and O–H groups in total. The van der Waals surface area contributed by atoms with Crippen molar-refractivity contribution in [2.24, 2.45) is 5.41 Å². The Labute approximate surface area is 99.5 Å². The molecule has 84 valence electrons. The highest BCUT2D eigenvalue weighted by Crippen LogP contribution is 2.39. The molecule has 1 saturated heterocycles. The second-order valence-electron chi connectivity index (χ2n) is 4.27. The van der Waals surface area contributed by atoms with Crippen LogP contribution in [0.2, 0.25) is 0 Å². The third kappa shape index (κ3) is 2.08. The maximum atomic E-state index is 5.06. The van der Waals surface area contributed by atoms with Gasteiger partial charge >= 0.3 is 0 Å². The minimum Gasteiger partial charge on any atom is -0.346 e. The van der Waals surface area contributed by atoms with Crippen molar-refractivity contribution in [1.29, 1.82) is 0 Å². The van der Waals surface area contributed by atoms with E-state index in [1.54, 1.807) is 11.3 Å². The Morgan fingerprint density at radius 2 is 2.27 bits per heavy atom. The van der Waals surface area contributed by atoms with Crippen LogP contribution >= 0.6 is 23.6 Å². The largest absolute Gasteiger partial charge is 0.346 e. The lowest BCUT2D eigenvalue weighted by Gasteiger charge is -2.25. The molecule has 1 aliphatic heterocycles. The fourth-order valence-corrected chi connectivity index (χ4v) is 3.19. The molecule has 0 radical (unpaired) electrons. The van der Waals surface area contributed by atoms with Crippen molar-refractivity contribution < 1.29 is 0 Å². The summed E-state index contributed by atoms with van der Waals surface area (Å²) in [4.78, 5) is 2.37. The first-order valence-corrected chi connectivity index (χ1v) is 6.72. The van der Waals surface area contributed by atoms with Gasteiger partial charge in [0.2, 0.25) is 5.13 Å². The Hall–Kier alpha value is -0.420. The molecule has 0 bridgehead atoms. The van der Waals surface area contributed by atoms with Gasteiger partial charge in [0.25, 0.3) is 0 Å². The zero-order chi connectivity index (χ0) is 10.9. The average molecular weight is 243 g/mol. The van der Waals surface area contributed by atoms with E-state index in [9.17, 15) is 0 Å². The number of hydrogen-bond acceptors (Lipinski definition) is 4. The van der Waals surface area contributed by atoms with Crippen molar-refractivity contribution in [3.63, 3.8) is 0 Å². The Kier molecular flexibility index (Phi) is 3.11. The third-order valence-electron chi connectivity index (χ3n) is 3.64. The van der Waals surface area contributed by atoms with Crippen molar-refractivity contribution >= 4 is 28.7 Å². The maximum Gasteiger partial charge on any atom is 0.206 e. The number of aromatic nitrogens is 2. The second-order valence-corrected chi connectivity index (χ2v) is 5.92. The molecule has 0 spiro atoms. The summed E-state index contributed by atoms with van der Waals surface area (Å²) in [6.45, 7) is 6.84. The lowest BCUT2D eigenvalue weighted by molar-refractivity contribution is 0.301. The maximum absolute atomic E-state index is 5.06. The van der Waals surface area contributed by atoms with Crippen LogP contribution in [0.1, 0.15) is 33.1 Å². The molecule has 2 rings (SSSR count). The molecule has 3 nitrogen and oxygen atoms in total. The van der Waals surface area contributed by atoms with E-state index in [1.165, 1.54) is 19.3 Å². The predicted molar refractivity (Wildman–Crippen MR) is 67.1 cm³/mol. The van der Waals surface area contributed by atoms with Crippen LogP contribution in [0.25, 0.3) is 0 Å². The standard InChI is InChI=1S/C10H17N3S2/c1-3-10(4-2)5-6-13(7-10)8-11-12-9(14)15-8/h3-7H2,1-2H3,(H,12,14). The first-order chi connectivity index (χ1) is 7.19. The van der Waals surface area contributed by atoms with Crippen LogP contribution < -0.4 is 4.90 Å². The Balaban J connectivity index is 2.13. The minimum atomic E-state index is 0.507. The van der Waals surface area contributed by atoms with Gasteiger partial charge in [-0.15, -0.1) is 5.10 Å². The fourth-order valence-electron chi connectivity index (χ4n) is 2.28. The first kappa shape index (κ1) is 11.1. The van der Waals surface area contributed by atoms with Crippen molar-refractivity contribution in [2.75, 3.05) is 18.0 Å². The fraction of sp³-hybridized carbons (Fsp3) is 0.800. The molecule has 0 amide bonds. The zero-order valence-electron chi connectivity index (χ0n) is 9.25. The van der Waals surface area contributed by atoms with Gasteiger partial charge in [0.15, 0.2) is 3.95 Å². The minimum absolute atomic E-state index is 0.507. The molecule has 1 fully saturated rings. The van der Waals surface area contributed by atoms with E-state index in [-0.39, 0.29) is 0 Å². The topological polar surface area (TPSA) is 31.9 Å². The number of nitrogens with zero attached hydrogens (tertiary/aromatic N) is 2. The lowest BCUT2D eigenvalue weighted by Crippen LogP contribution is -2.25. The summed E-state index contributed by atoms with van der Waals surface area (Å²) in [5.41, 5.74) is 0.507. The number of H-pyrrole nitrogens is 1. The molecule has 1 aliphatic rings. The summed E-state index contributed by atoms with van der Waals surface area (Å²) in [5, 5.41) is 8.16. The van der Waals surface area contributed by atoms with Crippen LogP contribution in [-0.4, -0.2) is 23.3 Å². The van der Waals surface area contributed by atoms with Gasteiger partial charge in [-0.05, 0) is 36.9 Å². The van der Waals surface area contributed by atoms with Gasteiger partial charge in [0, 0.05) is 13.1 Å². The smallest absolute Gasteiger partial charge is 0.206 e. The van der Waals surface area contributed by atoms with E-state index in [4.69, 9.17) is 12.2 Å².